The molecule has 0 unspecified atom stereocenters. The first-order chi connectivity index (χ1) is 9.75. The fourth-order valence-electron chi connectivity index (χ4n) is 2.29. The van der Waals surface area contributed by atoms with Gasteiger partial charge in [-0.1, -0.05) is 6.07 Å². The Hall–Kier alpha value is -2.28. The van der Waals surface area contributed by atoms with E-state index in [1.165, 1.54) is 6.07 Å². The zero-order valence-electron chi connectivity index (χ0n) is 12.5. The van der Waals surface area contributed by atoms with Gasteiger partial charge in [-0.25, -0.2) is 0 Å². The maximum atomic E-state index is 11.2. The molecular weight excluding hydrogens is 272 g/mol. The van der Waals surface area contributed by atoms with Crippen molar-refractivity contribution in [1.82, 2.24) is 14.8 Å². The first-order valence-electron chi connectivity index (χ1n) is 6.56. The molecular formula is C14H18N4O3. The monoisotopic (exact) mass is 290 g/mol. The number of hydrogen-bond donors (Lipinski definition) is 1. The highest BCUT2D eigenvalue weighted by Crippen LogP contribution is 2.33. The third-order valence-electron chi connectivity index (χ3n) is 3.13. The highest BCUT2D eigenvalue weighted by molar-refractivity contribution is 5.69. The van der Waals surface area contributed by atoms with E-state index in [2.05, 4.69) is 10.2 Å². The van der Waals surface area contributed by atoms with E-state index in [4.69, 9.17) is 0 Å². The minimum absolute atomic E-state index is 0.0250. The average Bonchev–Trinajstić information content (AvgIpc) is 2.81. The van der Waals surface area contributed by atoms with Crippen LogP contribution in [0.15, 0.2) is 18.2 Å². The number of benzene rings is 1. The van der Waals surface area contributed by atoms with Gasteiger partial charge in [-0.2, -0.15) is 0 Å². The number of hydrogen-bond acceptors (Lipinski definition) is 5. The summed E-state index contributed by atoms with van der Waals surface area (Å²) >= 11 is 0. The summed E-state index contributed by atoms with van der Waals surface area (Å²) in [6.07, 6.45) is 0. The van der Waals surface area contributed by atoms with Crippen molar-refractivity contribution < 1.29 is 10.0 Å². The van der Waals surface area contributed by atoms with E-state index in [0.717, 1.165) is 5.56 Å². The van der Waals surface area contributed by atoms with Gasteiger partial charge in [-0.3, -0.25) is 10.1 Å². The quantitative estimate of drug-likeness (QED) is 0.692. The van der Waals surface area contributed by atoms with Gasteiger partial charge < -0.3 is 9.67 Å². The van der Waals surface area contributed by atoms with Gasteiger partial charge in [0, 0.05) is 11.6 Å². The van der Waals surface area contributed by atoms with Crippen LogP contribution in [0.3, 0.4) is 0 Å². The average molecular weight is 290 g/mol. The van der Waals surface area contributed by atoms with Crippen LogP contribution in [0.4, 0.5) is 5.69 Å². The SMILES string of the molecule is Cc1ccc([N+](=O)[O-])c(-c2nnc(CO)n2C(C)(C)C)c1. The van der Waals surface area contributed by atoms with Crippen LogP contribution in [-0.2, 0) is 12.1 Å². The van der Waals surface area contributed by atoms with Crippen molar-refractivity contribution >= 4 is 5.69 Å². The van der Waals surface area contributed by atoms with Crippen LogP contribution < -0.4 is 0 Å². The third-order valence-corrected chi connectivity index (χ3v) is 3.13. The van der Waals surface area contributed by atoms with Crippen LogP contribution >= 0.6 is 0 Å². The summed E-state index contributed by atoms with van der Waals surface area (Å²) in [7, 11) is 0. The van der Waals surface area contributed by atoms with Crippen LogP contribution in [0.5, 0.6) is 0 Å². The summed E-state index contributed by atoms with van der Waals surface area (Å²) in [4.78, 5) is 10.8. The normalized spacial score (nSPS) is 11.7. The molecule has 7 nitrogen and oxygen atoms in total. The molecule has 0 bridgehead atoms. The summed E-state index contributed by atoms with van der Waals surface area (Å²) in [5.74, 6) is 0.773. The maximum absolute atomic E-state index is 11.2. The fraction of sp³-hybridized carbons (Fsp3) is 0.429. The van der Waals surface area contributed by atoms with Crippen molar-refractivity contribution in [2.24, 2.45) is 0 Å². The molecule has 2 aromatic rings. The number of nitrogens with zero attached hydrogens (tertiary/aromatic N) is 4. The van der Waals surface area contributed by atoms with Crippen LogP contribution in [0, 0.1) is 17.0 Å². The predicted octanol–water partition coefficient (Wildman–Crippen LogP) is 2.41. The molecule has 0 amide bonds. The number of nitro benzene ring substituents is 1. The Bertz CT molecular complexity index is 686. The first kappa shape index (κ1) is 15.1. The topological polar surface area (TPSA) is 94.1 Å². The van der Waals surface area contributed by atoms with Crippen molar-refractivity contribution in [3.63, 3.8) is 0 Å². The minimum Gasteiger partial charge on any atom is -0.388 e. The molecule has 0 saturated heterocycles. The van der Waals surface area contributed by atoms with Crippen molar-refractivity contribution in [2.75, 3.05) is 0 Å². The lowest BCUT2D eigenvalue weighted by molar-refractivity contribution is -0.384. The summed E-state index contributed by atoms with van der Waals surface area (Å²) < 4.78 is 1.73. The Morgan fingerprint density at radius 3 is 2.52 bits per heavy atom. The Labute approximate surface area is 122 Å². The summed E-state index contributed by atoms with van der Waals surface area (Å²) in [6.45, 7) is 7.38. The molecule has 0 aliphatic heterocycles. The maximum Gasteiger partial charge on any atom is 0.280 e. The summed E-state index contributed by atoms with van der Waals surface area (Å²) in [5, 5.41) is 28.7. The van der Waals surface area contributed by atoms with E-state index in [0.29, 0.717) is 17.2 Å². The largest absolute Gasteiger partial charge is 0.388 e. The Morgan fingerprint density at radius 2 is 2.00 bits per heavy atom. The van der Waals surface area contributed by atoms with Crippen LogP contribution in [0.2, 0.25) is 0 Å². The molecule has 1 aromatic carbocycles. The van der Waals surface area contributed by atoms with Gasteiger partial charge in [0.25, 0.3) is 5.69 Å². The Balaban J connectivity index is 2.76. The number of aromatic nitrogens is 3. The van der Waals surface area contributed by atoms with Gasteiger partial charge in [0.15, 0.2) is 11.6 Å². The molecule has 0 radical (unpaired) electrons. The number of nitro groups is 1. The number of rotatable bonds is 3. The number of aliphatic hydroxyl groups is 1. The van der Waals surface area contributed by atoms with Crippen LogP contribution in [0.1, 0.15) is 32.2 Å². The first-order valence-corrected chi connectivity index (χ1v) is 6.56. The second-order valence-corrected chi connectivity index (χ2v) is 5.88. The third kappa shape index (κ3) is 2.78. The second-order valence-electron chi connectivity index (χ2n) is 5.88. The molecule has 0 saturated carbocycles. The molecule has 112 valence electrons. The van der Waals surface area contributed by atoms with Gasteiger partial charge in [0.1, 0.15) is 6.61 Å². The molecule has 7 heteroatoms. The zero-order valence-corrected chi connectivity index (χ0v) is 12.5. The van der Waals surface area contributed by atoms with Crippen LogP contribution in [0.25, 0.3) is 11.4 Å². The lowest BCUT2D eigenvalue weighted by Gasteiger charge is -2.24. The highest BCUT2D eigenvalue weighted by Gasteiger charge is 2.27. The lowest BCUT2D eigenvalue weighted by Crippen LogP contribution is -2.25. The van der Waals surface area contributed by atoms with Gasteiger partial charge >= 0.3 is 0 Å². The predicted molar refractivity (Wildman–Crippen MR) is 77.8 cm³/mol. The smallest absolute Gasteiger partial charge is 0.280 e. The molecule has 1 N–H and O–H groups in total. The molecule has 1 heterocycles. The van der Waals surface area contributed by atoms with Gasteiger partial charge in [0.2, 0.25) is 0 Å². The molecule has 21 heavy (non-hydrogen) atoms. The summed E-state index contributed by atoms with van der Waals surface area (Å²) in [5.41, 5.74) is 0.865. The fourth-order valence-corrected chi connectivity index (χ4v) is 2.29. The van der Waals surface area contributed by atoms with E-state index in [1.54, 1.807) is 16.7 Å². The lowest BCUT2D eigenvalue weighted by atomic mass is 10.0. The zero-order chi connectivity index (χ0) is 15.8. The van der Waals surface area contributed by atoms with Crippen molar-refractivity contribution in [3.05, 3.63) is 39.7 Å². The van der Waals surface area contributed by atoms with E-state index in [9.17, 15) is 15.2 Å². The molecule has 0 atom stereocenters. The van der Waals surface area contributed by atoms with E-state index in [-0.39, 0.29) is 12.3 Å². The van der Waals surface area contributed by atoms with E-state index >= 15 is 0 Å². The summed E-state index contributed by atoms with van der Waals surface area (Å²) in [6, 6.07) is 4.86. The number of aryl methyl sites for hydroxylation is 1. The van der Waals surface area contributed by atoms with Crippen molar-refractivity contribution in [2.45, 2.75) is 39.8 Å². The Kier molecular flexibility index (Phi) is 3.78. The second kappa shape index (κ2) is 5.25. The standard InChI is InChI=1S/C14H18N4O3/c1-9-5-6-11(18(20)21)10(7-9)13-16-15-12(8-19)17(13)14(2,3)4/h5-7,19H,8H2,1-4H3. The number of aliphatic hydroxyl groups excluding tert-OH is 1. The van der Waals surface area contributed by atoms with Crippen molar-refractivity contribution in [3.8, 4) is 11.4 Å². The molecule has 0 aliphatic rings. The minimum atomic E-state index is -0.435. The van der Waals surface area contributed by atoms with E-state index in [1.807, 2.05) is 27.7 Å². The van der Waals surface area contributed by atoms with Crippen LogP contribution in [-0.4, -0.2) is 24.8 Å². The molecule has 0 spiro atoms. The molecule has 0 aliphatic carbocycles. The van der Waals surface area contributed by atoms with Gasteiger partial charge in [0.05, 0.1) is 10.5 Å². The van der Waals surface area contributed by atoms with Gasteiger partial charge in [-0.15, -0.1) is 10.2 Å². The highest BCUT2D eigenvalue weighted by atomic mass is 16.6. The van der Waals surface area contributed by atoms with E-state index < -0.39 is 10.5 Å². The molecule has 2 rings (SSSR count). The molecule has 0 fully saturated rings. The molecule has 1 aromatic heterocycles. The van der Waals surface area contributed by atoms with Gasteiger partial charge in [-0.05, 0) is 39.3 Å². The van der Waals surface area contributed by atoms with Crippen molar-refractivity contribution in [1.29, 1.82) is 0 Å². The Morgan fingerprint density at radius 1 is 1.33 bits per heavy atom.